The largest absolute Gasteiger partial charge is 0.493 e. The predicted octanol–water partition coefficient (Wildman–Crippen LogP) is 5.26. The number of amides is 3. The molecule has 0 aliphatic heterocycles. The molecule has 5 N–H and O–H groups in total. The van der Waals surface area contributed by atoms with E-state index in [4.69, 9.17) is 24.7 Å². The first-order chi connectivity index (χ1) is 23.2. The molecule has 4 atom stereocenters. The van der Waals surface area contributed by atoms with Crippen LogP contribution in [0.15, 0.2) is 48.5 Å². The molecule has 49 heavy (non-hydrogen) atoms. The van der Waals surface area contributed by atoms with Crippen LogP contribution in [0.3, 0.4) is 0 Å². The monoisotopic (exact) mass is 685 g/mol. The van der Waals surface area contributed by atoms with Crippen molar-refractivity contribution >= 4 is 17.9 Å². The molecule has 0 saturated carbocycles. The Hall–Kier alpha value is -3.83. The lowest BCUT2D eigenvalue weighted by atomic mass is 9.80. The summed E-state index contributed by atoms with van der Waals surface area (Å²) < 4.78 is 22.2. The van der Waals surface area contributed by atoms with E-state index in [1.165, 1.54) is 0 Å². The molecular formula is C38H59N3O8. The van der Waals surface area contributed by atoms with E-state index in [1.807, 2.05) is 62.4 Å². The van der Waals surface area contributed by atoms with Gasteiger partial charge in [-0.05, 0) is 74.1 Å². The third-order valence-electron chi connectivity index (χ3n) is 8.96. The Bertz CT molecular complexity index is 1300. The highest BCUT2D eigenvalue weighted by Crippen LogP contribution is 2.32. The molecule has 0 aliphatic carbocycles. The summed E-state index contributed by atoms with van der Waals surface area (Å²) in [6.45, 7) is 12.6. The van der Waals surface area contributed by atoms with Crippen LogP contribution >= 0.6 is 0 Å². The zero-order chi connectivity index (χ0) is 36.6. The summed E-state index contributed by atoms with van der Waals surface area (Å²) >= 11 is 0. The Kier molecular flexibility index (Phi) is 17.4. The van der Waals surface area contributed by atoms with Crippen LogP contribution in [0.25, 0.3) is 0 Å². The number of carbonyl (C=O) groups excluding carboxylic acids is 3. The SMILES string of the molecule is COCCCOc1cc(CC(CC(NC(=O)OCc2ccccc2)C(O)CC(C(=O)NCC(C)(C)C(N)=O)C(C)C)C(C)C)ccc1OC. The van der Waals surface area contributed by atoms with Crippen molar-refractivity contribution in [1.82, 2.24) is 10.6 Å². The van der Waals surface area contributed by atoms with Crippen molar-refractivity contribution in [3.63, 3.8) is 0 Å². The fourth-order valence-corrected chi connectivity index (χ4v) is 5.43. The first-order valence-corrected chi connectivity index (χ1v) is 17.2. The van der Waals surface area contributed by atoms with E-state index in [1.54, 1.807) is 28.1 Å². The van der Waals surface area contributed by atoms with Gasteiger partial charge in [0.05, 0.1) is 31.3 Å². The highest BCUT2D eigenvalue weighted by atomic mass is 16.5. The fraction of sp³-hybridized carbons (Fsp3) is 0.605. The maximum Gasteiger partial charge on any atom is 0.407 e. The molecule has 274 valence electrons. The highest BCUT2D eigenvalue weighted by molar-refractivity contribution is 5.83. The van der Waals surface area contributed by atoms with E-state index in [-0.39, 0.29) is 43.2 Å². The van der Waals surface area contributed by atoms with Crippen LogP contribution in [0.5, 0.6) is 11.5 Å². The van der Waals surface area contributed by atoms with Crippen LogP contribution in [0.2, 0.25) is 0 Å². The van der Waals surface area contributed by atoms with Gasteiger partial charge in [-0.15, -0.1) is 0 Å². The summed E-state index contributed by atoms with van der Waals surface area (Å²) in [5.41, 5.74) is 6.44. The molecule has 3 amide bonds. The Morgan fingerprint density at radius 2 is 1.59 bits per heavy atom. The number of rotatable bonds is 22. The second-order valence-corrected chi connectivity index (χ2v) is 14.1. The summed E-state index contributed by atoms with van der Waals surface area (Å²) in [7, 11) is 3.26. The predicted molar refractivity (Wildman–Crippen MR) is 190 cm³/mol. The quantitative estimate of drug-likeness (QED) is 0.122. The van der Waals surface area contributed by atoms with Gasteiger partial charge in [0.1, 0.15) is 6.61 Å². The minimum absolute atomic E-state index is 0.0338. The maximum absolute atomic E-state index is 13.3. The minimum Gasteiger partial charge on any atom is -0.493 e. The number of aliphatic hydroxyl groups is 1. The molecule has 0 aliphatic rings. The van der Waals surface area contributed by atoms with Crippen molar-refractivity contribution in [2.45, 2.75) is 86.0 Å². The smallest absolute Gasteiger partial charge is 0.407 e. The van der Waals surface area contributed by atoms with Gasteiger partial charge >= 0.3 is 6.09 Å². The molecule has 11 nitrogen and oxygen atoms in total. The zero-order valence-electron chi connectivity index (χ0n) is 30.6. The van der Waals surface area contributed by atoms with Crippen LogP contribution < -0.4 is 25.8 Å². The number of nitrogens with two attached hydrogens (primary N) is 1. The summed E-state index contributed by atoms with van der Waals surface area (Å²) in [5.74, 6) is -0.0192. The lowest BCUT2D eigenvalue weighted by Gasteiger charge is -2.32. The Labute approximate surface area is 292 Å². The van der Waals surface area contributed by atoms with Gasteiger partial charge in [0.25, 0.3) is 0 Å². The first-order valence-electron chi connectivity index (χ1n) is 17.2. The molecule has 0 fully saturated rings. The lowest BCUT2D eigenvalue weighted by Crippen LogP contribution is -2.49. The van der Waals surface area contributed by atoms with E-state index in [0.717, 1.165) is 17.5 Å². The van der Waals surface area contributed by atoms with E-state index < -0.39 is 35.5 Å². The normalized spacial score (nSPS) is 14.1. The van der Waals surface area contributed by atoms with Gasteiger partial charge in [-0.3, -0.25) is 9.59 Å². The second kappa shape index (κ2) is 20.6. The number of benzene rings is 2. The summed E-state index contributed by atoms with van der Waals surface area (Å²) in [6.07, 6.45) is 0.190. The van der Waals surface area contributed by atoms with E-state index in [9.17, 15) is 19.5 Å². The average molecular weight is 686 g/mol. The number of alkyl carbamates (subject to hydrolysis) is 1. The molecule has 2 aromatic carbocycles. The molecule has 2 rings (SSSR count). The Morgan fingerprint density at radius 1 is 0.898 bits per heavy atom. The Morgan fingerprint density at radius 3 is 2.18 bits per heavy atom. The average Bonchev–Trinajstić information content (AvgIpc) is 3.06. The van der Waals surface area contributed by atoms with Crippen molar-refractivity contribution in [2.24, 2.45) is 34.8 Å². The van der Waals surface area contributed by atoms with Crippen molar-refractivity contribution in [2.75, 3.05) is 34.0 Å². The number of hydrogen-bond donors (Lipinski definition) is 4. The van der Waals surface area contributed by atoms with E-state index in [2.05, 4.69) is 24.5 Å². The third-order valence-corrected chi connectivity index (χ3v) is 8.96. The molecular weight excluding hydrogens is 626 g/mol. The standard InChI is InChI=1S/C38H59N3O8/c1-25(2)29(19-28-15-16-33(47-8)34(20-28)48-18-12-17-46-7)21-31(41-37(45)49-23-27-13-10-9-11-14-27)32(42)22-30(26(3)4)35(43)40-24-38(5,6)36(39)44/h9-11,13-16,20,25-26,29-32,42H,12,17-19,21-24H2,1-8H3,(H2,39,44)(H,40,43)(H,41,45). The van der Waals surface area contributed by atoms with Crippen molar-refractivity contribution in [1.29, 1.82) is 0 Å². The van der Waals surface area contributed by atoms with Gasteiger partial charge in [-0.25, -0.2) is 4.79 Å². The highest BCUT2D eigenvalue weighted by Gasteiger charge is 2.34. The fourth-order valence-electron chi connectivity index (χ4n) is 5.43. The number of hydrogen-bond acceptors (Lipinski definition) is 8. The third kappa shape index (κ3) is 14.3. The van der Waals surface area contributed by atoms with Crippen LogP contribution in [-0.2, 0) is 32.1 Å². The number of aliphatic hydroxyl groups excluding tert-OH is 1. The number of nitrogens with one attached hydrogen (secondary N) is 2. The molecule has 11 heteroatoms. The van der Waals surface area contributed by atoms with Gasteiger partial charge in [0.15, 0.2) is 11.5 Å². The van der Waals surface area contributed by atoms with Gasteiger partial charge < -0.3 is 40.4 Å². The van der Waals surface area contributed by atoms with Crippen LogP contribution in [0.1, 0.15) is 71.9 Å². The number of methoxy groups -OCH3 is 2. The molecule has 0 radical (unpaired) electrons. The van der Waals surface area contributed by atoms with Gasteiger partial charge in [-0.2, -0.15) is 0 Å². The van der Waals surface area contributed by atoms with Gasteiger partial charge in [-0.1, -0.05) is 64.1 Å². The topological polar surface area (TPSA) is 158 Å². The van der Waals surface area contributed by atoms with Crippen LogP contribution in [0, 0.1) is 29.1 Å². The number of primary amides is 1. The van der Waals surface area contributed by atoms with Crippen LogP contribution in [-0.4, -0.2) is 69.1 Å². The number of carbonyl (C=O) groups is 3. The van der Waals surface area contributed by atoms with Crippen molar-refractivity contribution < 1.29 is 38.4 Å². The molecule has 2 aromatic rings. The molecule has 0 bridgehead atoms. The molecule has 0 aromatic heterocycles. The van der Waals surface area contributed by atoms with Gasteiger partial charge in [0, 0.05) is 32.6 Å². The van der Waals surface area contributed by atoms with Crippen LogP contribution in [0.4, 0.5) is 4.79 Å². The molecule has 4 unspecified atom stereocenters. The Balaban J connectivity index is 2.29. The molecule has 0 saturated heterocycles. The minimum atomic E-state index is -1.07. The lowest BCUT2D eigenvalue weighted by molar-refractivity contribution is -0.130. The molecule has 0 spiro atoms. The maximum atomic E-state index is 13.3. The number of ether oxygens (including phenoxy) is 4. The summed E-state index contributed by atoms with van der Waals surface area (Å²) in [5, 5.41) is 17.5. The molecule has 0 heterocycles. The zero-order valence-corrected chi connectivity index (χ0v) is 30.6. The second-order valence-electron chi connectivity index (χ2n) is 14.1. The van der Waals surface area contributed by atoms with Crippen molar-refractivity contribution in [3.8, 4) is 11.5 Å². The summed E-state index contributed by atoms with van der Waals surface area (Å²) in [6, 6.07) is 14.5. The van der Waals surface area contributed by atoms with E-state index in [0.29, 0.717) is 37.6 Å². The first kappa shape index (κ1) is 41.3. The summed E-state index contributed by atoms with van der Waals surface area (Å²) in [4.78, 5) is 38.3. The van der Waals surface area contributed by atoms with Gasteiger partial charge in [0.2, 0.25) is 11.8 Å². The van der Waals surface area contributed by atoms with Crippen molar-refractivity contribution in [3.05, 3.63) is 59.7 Å². The van der Waals surface area contributed by atoms with E-state index >= 15 is 0 Å².